The van der Waals surface area contributed by atoms with E-state index in [-0.39, 0.29) is 18.0 Å². The molecule has 0 spiro atoms. The van der Waals surface area contributed by atoms with Crippen molar-refractivity contribution in [3.8, 4) is 5.75 Å². The third-order valence-corrected chi connectivity index (χ3v) is 5.75. The molecule has 0 N–H and O–H groups in total. The fraction of sp³-hybridized carbons (Fsp3) is 0.167. The van der Waals surface area contributed by atoms with Crippen molar-refractivity contribution in [2.45, 2.75) is 19.3 Å². The summed E-state index contributed by atoms with van der Waals surface area (Å²) in [5.74, 6) is 0.178. The van der Waals surface area contributed by atoms with Crippen LogP contribution in [0.3, 0.4) is 0 Å². The summed E-state index contributed by atoms with van der Waals surface area (Å²) in [6, 6.07) is 16.8. The van der Waals surface area contributed by atoms with Gasteiger partial charge < -0.3 is 9.15 Å². The molecule has 1 aromatic heterocycles. The molecule has 4 nitrogen and oxygen atoms in total. The maximum atomic E-state index is 12.6. The second kappa shape index (κ2) is 7.05. The van der Waals surface area contributed by atoms with Crippen molar-refractivity contribution in [2.24, 2.45) is 0 Å². The van der Waals surface area contributed by atoms with Gasteiger partial charge in [-0.05, 0) is 47.7 Å². The number of halogens is 1. The van der Waals surface area contributed by atoms with Crippen molar-refractivity contribution in [3.05, 3.63) is 86.7 Å². The second-order valence-electron chi connectivity index (χ2n) is 7.25. The first-order valence-electron chi connectivity index (χ1n) is 9.53. The molecule has 1 aliphatic carbocycles. The Labute approximate surface area is 171 Å². The number of benzene rings is 3. The molecular formula is C24H17ClO4. The maximum Gasteiger partial charge on any atom is 0.339 e. The van der Waals surface area contributed by atoms with Gasteiger partial charge in [-0.25, -0.2) is 4.79 Å². The first-order valence-corrected chi connectivity index (χ1v) is 9.91. The van der Waals surface area contributed by atoms with Crippen LogP contribution in [0.15, 0.2) is 63.8 Å². The van der Waals surface area contributed by atoms with E-state index in [2.05, 4.69) is 0 Å². The molecule has 0 amide bonds. The van der Waals surface area contributed by atoms with E-state index in [0.29, 0.717) is 21.9 Å². The number of ether oxygens (including phenoxy) is 1. The lowest BCUT2D eigenvalue weighted by molar-refractivity contribution is 0.0922. The molecule has 0 bridgehead atoms. The molecule has 0 aliphatic heterocycles. The predicted molar refractivity (Wildman–Crippen MR) is 113 cm³/mol. The van der Waals surface area contributed by atoms with Gasteiger partial charge in [0.25, 0.3) is 0 Å². The van der Waals surface area contributed by atoms with Crippen LogP contribution in [0.5, 0.6) is 5.75 Å². The summed E-state index contributed by atoms with van der Waals surface area (Å²) < 4.78 is 11.1. The molecular weight excluding hydrogens is 388 g/mol. The second-order valence-corrected chi connectivity index (χ2v) is 7.66. The summed E-state index contributed by atoms with van der Waals surface area (Å²) in [5.41, 5.74) is 2.47. The van der Waals surface area contributed by atoms with Crippen LogP contribution in [0.25, 0.3) is 21.7 Å². The monoisotopic (exact) mass is 404 g/mol. The zero-order valence-corrected chi connectivity index (χ0v) is 16.3. The fourth-order valence-electron chi connectivity index (χ4n) is 3.98. The van der Waals surface area contributed by atoms with Gasteiger partial charge in [0.15, 0.2) is 12.4 Å². The molecule has 144 valence electrons. The molecule has 29 heavy (non-hydrogen) atoms. The highest BCUT2D eigenvalue weighted by molar-refractivity contribution is 6.32. The van der Waals surface area contributed by atoms with Crippen molar-refractivity contribution >= 4 is 39.1 Å². The van der Waals surface area contributed by atoms with Gasteiger partial charge in [-0.15, -0.1) is 0 Å². The van der Waals surface area contributed by atoms with E-state index in [1.54, 1.807) is 18.2 Å². The van der Waals surface area contributed by atoms with E-state index in [0.717, 1.165) is 46.5 Å². The molecule has 0 saturated heterocycles. The number of ketones is 1. The highest BCUT2D eigenvalue weighted by atomic mass is 35.5. The number of Topliss-reactive ketones (excluding diaryl/α,β-unsaturated/α-hetero) is 1. The van der Waals surface area contributed by atoms with Crippen molar-refractivity contribution in [1.29, 1.82) is 0 Å². The lowest BCUT2D eigenvalue weighted by Gasteiger charge is -2.10. The fourth-order valence-corrected chi connectivity index (χ4v) is 4.20. The molecule has 0 atom stereocenters. The molecule has 1 aliphatic rings. The first-order chi connectivity index (χ1) is 14.1. The van der Waals surface area contributed by atoms with Gasteiger partial charge in [0.05, 0.1) is 5.02 Å². The summed E-state index contributed by atoms with van der Waals surface area (Å²) in [7, 11) is 0. The van der Waals surface area contributed by atoms with Crippen LogP contribution in [-0.4, -0.2) is 12.4 Å². The molecule has 0 fully saturated rings. The van der Waals surface area contributed by atoms with E-state index >= 15 is 0 Å². The standard InChI is InChI=1S/C24H17ClO4/c25-20-11-19-17-6-3-7-18(17)24(27)29-22(19)12-23(20)28-13-21(26)16-9-8-14-4-1-2-5-15(14)10-16/h1-2,4-5,8-12H,3,6-7,13H2. The normalized spacial score (nSPS) is 13.0. The van der Waals surface area contributed by atoms with Crippen LogP contribution in [-0.2, 0) is 12.8 Å². The lowest BCUT2D eigenvalue weighted by atomic mass is 10.0. The molecule has 3 aromatic carbocycles. The quantitative estimate of drug-likeness (QED) is 0.340. The van der Waals surface area contributed by atoms with Gasteiger partial charge >= 0.3 is 5.63 Å². The average molecular weight is 405 g/mol. The SMILES string of the molecule is O=C(COc1cc2oc(=O)c3c(c2cc1Cl)CCC3)c1ccc2ccccc2c1. The number of hydrogen-bond acceptors (Lipinski definition) is 4. The van der Waals surface area contributed by atoms with Crippen LogP contribution < -0.4 is 10.4 Å². The number of carbonyl (C=O) groups is 1. The Morgan fingerprint density at radius 3 is 2.66 bits per heavy atom. The Hall–Kier alpha value is -3.11. The Kier molecular flexibility index (Phi) is 4.36. The minimum absolute atomic E-state index is 0.151. The Balaban J connectivity index is 1.42. The summed E-state index contributed by atoms with van der Waals surface area (Å²) in [6.07, 6.45) is 2.52. The van der Waals surface area contributed by atoms with Gasteiger partial charge in [0.2, 0.25) is 0 Å². The summed E-state index contributed by atoms with van der Waals surface area (Å²) in [6.45, 7) is -0.154. The zero-order valence-electron chi connectivity index (χ0n) is 15.5. The number of carbonyl (C=O) groups excluding carboxylic acids is 1. The zero-order chi connectivity index (χ0) is 20.0. The lowest BCUT2D eigenvalue weighted by Crippen LogP contribution is -2.12. The topological polar surface area (TPSA) is 56.5 Å². The van der Waals surface area contributed by atoms with Crippen LogP contribution in [0.4, 0.5) is 0 Å². The Morgan fingerprint density at radius 2 is 1.79 bits per heavy atom. The van der Waals surface area contributed by atoms with Gasteiger partial charge in [-0.2, -0.15) is 0 Å². The molecule has 5 heteroatoms. The van der Waals surface area contributed by atoms with E-state index < -0.39 is 0 Å². The summed E-state index contributed by atoms with van der Waals surface area (Å²) >= 11 is 6.40. The number of fused-ring (bicyclic) bond motifs is 4. The highest BCUT2D eigenvalue weighted by Gasteiger charge is 2.21. The van der Waals surface area contributed by atoms with Gasteiger partial charge in [0.1, 0.15) is 11.3 Å². The summed E-state index contributed by atoms with van der Waals surface area (Å²) in [4.78, 5) is 24.8. The summed E-state index contributed by atoms with van der Waals surface area (Å²) in [5, 5.41) is 3.31. The molecule has 5 rings (SSSR count). The molecule has 0 radical (unpaired) electrons. The largest absolute Gasteiger partial charge is 0.484 e. The van der Waals surface area contributed by atoms with Crippen LogP contribution >= 0.6 is 11.6 Å². The molecule has 1 heterocycles. The number of rotatable bonds is 4. The molecule has 4 aromatic rings. The maximum absolute atomic E-state index is 12.6. The van der Waals surface area contributed by atoms with Gasteiger partial charge in [0, 0.05) is 22.6 Å². The minimum atomic E-state index is -0.300. The third kappa shape index (κ3) is 3.19. The highest BCUT2D eigenvalue weighted by Crippen LogP contribution is 2.34. The van der Waals surface area contributed by atoms with E-state index in [4.69, 9.17) is 20.8 Å². The van der Waals surface area contributed by atoms with Crippen molar-refractivity contribution < 1.29 is 13.9 Å². The predicted octanol–water partition coefficient (Wildman–Crippen LogP) is 5.35. The van der Waals surface area contributed by atoms with Crippen LogP contribution in [0, 0.1) is 0 Å². The molecule has 0 unspecified atom stereocenters. The van der Waals surface area contributed by atoms with Crippen LogP contribution in [0.1, 0.15) is 27.9 Å². The minimum Gasteiger partial charge on any atom is -0.484 e. The van der Waals surface area contributed by atoms with E-state index in [1.165, 1.54) is 0 Å². The van der Waals surface area contributed by atoms with Crippen molar-refractivity contribution in [2.75, 3.05) is 6.61 Å². The van der Waals surface area contributed by atoms with Gasteiger partial charge in [-0.3, -0.25) is 4.79 Å². The van der Waals surface area contributed by atoms with Gasteiger partial charge in [-0.1, -0.05) is 48.0 Å². The Bertz CT molecular complexity index is 1340. The van der Waals surface area contributed by atoms with Crippen LogP contribution in [0.2, 0.25) is 5.02 Å². The van der Waals surface area contributed by atoms with Crippen molar-refractivity contribution in [3.63, 3.8) is 0 Å². The Morgan fingerprint density at radius 1 is 1.00 bits per heavy atom. The van der Waals surface area contributed by atoms with Crippen molar-refractivity contribution in [1.82, 2.24) is 0 Å². The third-order valence-electron chi connectivity index (χ3n) is 5.46. The van der Waals surface area contributed by atoms with E-state index in [9.17, 15) is 9.59 Å². The number of aryl methyl sites for hydroxylation is 1. The molecule has 0 saturated carbocycles. The average Bonchev–Trinajstić information content (AvgIpc) is 3.23. The van der Waals surface area contributed by atoms with E-state index in [1.807, 2.05) is 36.4 Å². The smallest absolute Gasteiger partial charge is 0.339 e. The number of hydrogen-bond donors (Lipinski definition) is 0. The first kappa shape index (κ1) is 18.0.